The number of nitrogens with zero attached hydrogens (tertiary/aromatic N) is 6. The zero-order chi connectivity index (χ0) is 24.4. The number of amides is 1. The van der Waals surface area contributed by atoms with Crippen LogP contribution in [-0.4, -0.2) is 69.9 Å². The van der Waals surface area contributed by atoms with Crippen LogP contribution in [0.5, 0.6) is 0 Å². The molecule has 1 amide bonds. The van der Waals surface area contributed by atoms with Crippen LogP contribution >= 0.6 is 0 Å². The number of aryl methyl sites for hydroxylation is 1. The number of hydrogen-bond acceptors (Lipinski definition) is 7. The fourth-order valence-electron chi connectivity index (χ4n) is 4.97. The molecule has 2 aliphatic heterocycles. The average Bonchev–Trinajstić information content (AvgIpc) is 3.45. The minimum Gasteiger partial charge on any atom is -0.378 e. The Bertz CT molecular complexity index is 1250. The maximum absolute atomic E-state index is 12.3. The van der Waals surface area contributed by atoms with Crippen molar-refractivity contribution in [3.8, 4) is 0 Å². The van der Waals surface area contributed by atoms with Gasteiger partial charge in [-0.05, 0) is 32.8 Å². The summed E-state index contributed by atoms with van der Waals surface area (Å²) in [6.07, 6.45) is 3.32. The highest BCUT2D eigenvalue weighted by atomic mass is 16.5. The molecule has 35 heavy (non-hydrogen) atoms. The number of likely N-dealkylation sites (tertiary alicyclic amines) is 1. The molecular formula is C26H33N7O2. The number of rotatable bonds is 7. The molecule has 0 unspecified atom stereocenters. The summed E-state index contributed by atoms with van der Waals surface area (Å²) in [6.45, 7) is 10.5. The maximum atomic E-state index is 12.3. The lowest BCUT2D eigenvalue weighted by Crippen LogP contribution is -2.36. The number of carbonyl (C=O) groups excluding carboxylic acids is 1. The number of ether oxygens (including phenoxy) is 1. The molecule has 0 aliphatic carbocycles. The number of morpholine rings is 1. The second-order valence-electron chi connectivity index (χ2n) is 9.25. The number of anilines is 2. The molecular weight excluding hydrogens is 442 g/mol. The van der Waals surface area contributed by atoms with E-state index in [0.717, 1.165) is 54.2 Å². The Hall–Kier alpha value is -3.46. The van der Waals surface area contributed by atoms with Crippen molar-refractivity contribution in [1.29, 1.82) is 0 Å². The van der Waals surface area contributed by atoms with Crippen molar-refractivity contribution in [3.05, 3.63) is 47.8 Å². The average molecular weight is 476 g/mol. The Morgan fingerprint density at radius 3 is 2.86 bits per heavy atom. The number of benzene rings is 1. The van der Waals surface area contributed by atoms with Crippen molar-refractivity contribution in [2.75, 3.05) is 43.2 Å². The third-order valence-corrected chi connectivity index (χ3v) is 6.88. The fraction of sp³-hybridized carbons (Fsp3) is 0.462. The quantitative estimate of drug-likeness (QED) is 0.416. The summed E-state index contributed by atoms with van der Waals surface area (Å²) in [5, 5.41) is 4.63. The van der Waals surface area contributed by atoms with E-state index in [1.165, 1.54) is 5.56 Å². The molecule has 2 aliphatic rings. The van der Waals surface area contributed by atoms with Crippen LogP contribution in [0, 0.1) is 6.92 Å². The fourth-order valence-corrected chi connectivity index (χ4v) is 4.97. The van der Waals surface area contributed by atoms with Gasteiger partial charge in [-0.2, -0.15) is 5.10 Å². The lowest BCUT2D eigenvalue weighted by molar-refractivity contribution is -0.128. The van der Waals surface area contributed by atoms with Crippen molar-refractivity contribution in [1.82, 2.24) is 19.4 Å². The molecule has 0 spiro atoms. The second kappa shape index (κ2) is 10.0. The first-order valence-electron chi connectivity index (χ1n) is 12.4. The number of nitrogens with one attached hydrogen (secondary N) is 1. The molecule has 0 bridgehead atoms. The molecule has 5 rings (SSSR count). The Labute approximate surface area is 205 Å². The highest BCUT2D eigenvalue weighted by Gasteiger charge is 2.30. The van der Waals surface area contributed by atoms with Crippen molar-refractivity contribution in [2.45, 2.75) is 46.2 Å². The van der Waals surface area contributed by atoms with Crippen LogP contribution < -0.4 is 10.3 Å². The number of hydrogen-bond donors (Lipinski definition) is 1. The van der Waals surface area contributed by atoms with Crippen LogP contribution in [0.2, 0.25) is 0 Å². The van der Waals surface area contributed by atoms with Gasteiger partial charge in [0, 0.05) is 38.7 Å². The summed E-state index contributed by atoms with van der Waals surface area (Å²) in [4.78, 5) is 26.2. The lowest BCUT2D eigenvalue weighted by Gasteiger charge is -2.29. The number of imidazole rings is 1. The van der Waals surface area contributed by atoms with Gasteiger partial charge in [0.05, 0.1) is 37.0 Å². The van der Waals surface area contributed by atoms with Crippen molar-refractivity contribution < 1.29 is 9.53 Å². The zero-order valence-electron chi connectivity index (χ0n) is 20.7. The van der Waals surface area contributed by atoms with Gasteiger partial charge in [0.15, 0.2) is 11.5 Å². The molecule has 4 heterocycles. The van der Waals surface area contributed by atoms with E-state index in [4.69, 9.17) is 14.7 Å². The number of aromatic nitrogens is 3. The predicted molar refractivity (Wildman–Crippen MR) is 138 cm³/mol. The molecule has 9 heteroatoms. The highest BCUT2D eigenvalue weighted by molar-refractivity contribution is 5.99. The monoisotopic (exact) mass is 475 g/mol. The van der Waals surface area contributed by atoms with Crippen molar-refractivity contribution in [2.24, 2.45) is 5.10 Å². The SMILES string of the molecule is CCN1C(=O)CC[C@H]1Cn1cnc2c(N3CCOCC3)cc(N/N=C(\C)c3cccc(C)c3)nc21. The molecule has 184 valence electrons. The summed E-state index contributed by atoms with van der Waals surface area (Å²) in [7, 11) is 0. The van der Waals surface area contributed by atoms with Gasteiger partial charge in [0.2, 0.25) is 5.91 Å². The van der Waals surface area contributed by atoms with Crippen LogP contribution in [0.25, 0.3) is 11.2 Å². The van der Waals surface area contributed by atoms with Crippen LogP contribution in [0.15, 0.2) is 41.8 Å². The van der Waals surface area contributed by atoms with Gasteiger partial charge in [0.25, 0.3) is 0 Å². The topological polar surface area (TPSA) is 87.9 Å². The van der Waals surface area contributed by atoms with Gasteiger partial charge < -0.3 is 19.1 Å². The van der Waals surface area contributed by atoms with E-state index in [1.54, 1.807) is 0 Å². The molecule has 2 saturated heterocycles. The molecule has 9 nitrogen and oxygen atoms in total. The summed E-state index contributed by atoms with van der Waals surface area (Å²) >= 11 is 0. The minimum absolute atomic E-state index is 0.164. The molecule has 1 atom stereocenters. The van der Waals surface area contributed by atoms with Gasteiger partial charge in [-0.1, -0.05) is 29.8 Å². The van der Waals surface area contributed by atoms with E-state index in [9.17, 15) is 4.79 Å². The third-order valence-electron chi connectivity index (χ3n) is 6.88. The van der Waals surface area contributed by atoms with Gasteiger partial charge in [-0.25, -0.2) is 9.97 Å². The van der Waals surface area contributed by atoms with Crippen LogP contribution in [0.1, 0.15) is 37.8 Å². The number of carbonyl (C=O) groups is 1. The van der Waals surface area contributed by atoms with Crippen molar-refractivity contribution in [3.63, 3.8) is 0 Å². The number of pyridine rings is 1. The van der Waals surface area contributed by atoms with Gasteiger partial charge in [0.1, 0.15) is 5.52 Å². The first-order chi connectivity index (χ1) is 17.0. The molecule has 2 fully saturated rings. The minimum atomic E-state index is 0.164. The lowest BCUT2D eigenvalue weighted by atomic mass is 10.1. The first kappa shape index (κ1) is 23.3. The van der Waals surface area contributed by atoms with Crippen LogP contribution in [0.4, 0.5) is 11.5 Å². The Morgan fingerprint density at radius 2 is 2.09 bits per heavy atom. The van der Waals surface area contributed by atoms with Gasteiger partial charge in [-0.3, -0.25) is 10.2 Å². The Morgan fingerprint density at radius 1 is 1.26 bits per heavy atom. The zero-order valence-corrected chi connectivity index (χ0v) is 20.7. The molecule has 0 radical (unpaired) electrons. The first-order valence-corrected chi connectivity index (χ1v) is 12.4. The number of fused-ring (bicyclic) bond motifs is 1. The standard InChI is InChI=1S/C26H33N7O2/c1-4-33-21(8-9-24(33)34)16-32-17-27-25-22(31-10-12-35-13-11-31)15-23(28-26(25)32)30-29-19(3)20-7-5-6-18(2)14-20/h5-7,14-15,17,21H,4,8-13,16H2,1-3H3,(H,28,30)/b29-19+/t21-/m0/s1. The molecule has 2 aromatic heterocycles. The van der Waals surface area contributed by atoms with E-state index in [1.807, 2.05) is 37.2 Å². The second-order valence-corrected chi connectivity index (χ2v) is 9.25. The molecule has 0 saturated carbocycles. The van der Waals surface area contributed by atoms with Gasteiger partial charge in [-0.15, -0.1) is 0 Å². The third kappa shape index (κ3) is 4.86. The number of likely N-dealkylation sites (N-methyl/N-ethyl adjacent to an activating group) is 1. The Kier molecular flexibility index (Phi) is 6.68. The number of hydrazone groups is 1. The Balaban J connectivity index is 1.49. The van der Waals surface area contributed by atoms with E-state index in [-0.39, 0.29) is 11.9 Å². The summed E-state index contributed by atoms with van der Waals surface area (Å²) < 4.78 is 7.65. The van der Waals surface area contributed by atoms with E-state index < -0.39 is 0 Å². The van der Waals surface area contributed by atoms with Gasteiger partial charge >= 0.3 is 0 Å². The summed E-state index contributed by atoms with van der Waals surface area (Å²) in [5.74, 6) is 0.898. The highest BCUT2D eigenvalue weighted by Crippen LogP contribution is 2.30. The van der Waals surface area contributed by atoms with Crippen molar-refractivity contribution >= 4 is 34.3 Å². The normalized spacial score (nSPS) is 19.1. The summed E-state index contributed by atoms with van der Waals surface area (Å²) in [5.41, 5.74) is 9.03. The predicted octanol–water partition coefficient (Wildman–Crippen LogP) is 3.42. The smallest absolute Gasteiger partial charge is 0.222 e. The van der Waals surface area contributed by atoms with Crippen LogP contribution in [0.3, 0.4) is 0 Å². The maximum Gasteiger partial charge on any atom is 0.222 e. The van der Waals surface area contributed by atoms with Crippen LogP contribution in [-0.2, 0) is 16.1 Å². The molecule has 1 aromatic carbocycles. The summed E-state index contributed by atoms with van der Waals surface area (Å²) in [6, 6.07) is 10.5. The van der Waals surface area contributed by atoms with E-state index in [0.29, 0.717) is 32.0 Å². The molecule has 1 N–H and O–H groups in total. The van der Waals surface area contributed by atoms with E-state index >= 15 is 0 Å². The largest absolute Gasteiger partial charge is 0.378 e. The molecule has 3 aromatic rings. The van der Waals surface area contributed by atoms with E-state index in [2.05, 4.69) is 45.1 Å².